The fourth-order valence-corrected chi connectivity index (χ4v) is 13.9. The molecule has 0 amide bonds. The number of unbranched alkanes of at least 4 members (excludes halogenated alkanes) is 6. The number of carbonyl (C=O) groups excluding carboxylic acids is 3. The van der Waals surface area contributed by atoms with E-state index in [9.17, 15) is 14.4 Å². The van der Waals surface area contributed by atoms with Crippen LogP contribution in [0.25, 0.3) is 32.3 Å². The van der Waals surface area contributed by atoms with Gasteiger partial charge in [0, 0.05) is 107 Å². The number of rotatable bonds is 45. The van der Waals surface area contributed by atoms with E-state index in [1.165, 1.54) is 0 Å². The van der Waals surface area contributed by atoms with Crippen molar-refractivity contribution in [1.82, 2.24) is 0 Å². The summed E-state index contributed by atoms with van der Waals surface area (Å²) in [5.74, 6) is -0.762. The van der Waals surface area contributed by atoms with Gasteiger partial charge in [0.05, 0.1) is 19.8 Å². The minimum atomic E-state index is -0.475. The highest BCUT2D eigenvalue weighted by Gasteiger charge is 2.22. The number of esters is 3. The second-order valence-electron chi connectivity index (χ2n) is 28.4. The van der Waals surface area contributed by atoms with E-state index in [0.29, 0.717) is 58.9 Å². The van der Waals surface area contributed by atoms with Gasteiger partial charge in [-0.05, 0) is 270 Å². The first-order chi connectivity index (χ1) is 56.5. The molecule has 0 fully saturated rings. The maximum Gasteiger partial charge on any atom is 0.306 e. The summed E-state index contributed by atoms with van der Waals surface area (Å²) in [6.07, 6.45) is 16.2. The standard InChI is InChI=1S/C102H102N4O9/c1-7-97(8-2)113-100(107)34-16-13-25-67-110-73-76-37-46-85(47-38-76)104(94-52-43-79-28-19-22-31-82(79)70-94)91-61-55-88(56-62-91)103(89-57-63-92(64-58-89)105(95-53-44-80-29-20-23-32-83(80)71-95)86-48-39-77(40-49-86)74-111-68-26-14-17-35-101(108)114-98(9-3)10-4)90-59-65-93(66-60-90)106(96-54-45-81-30-21-24-33-84(81)72-96)87-50-41-78(42-51-87)75-112-69-27-15-18-36-102(109)115-99(11-5)12-6/h7-12,19-24,28-33,37-66,70-72,97-99H,1-6,13-18,25-27,34-36,67-69,73-75H2. The monoisotopic (exact) mass is 1530 g/mol. The number of hydrogen-bond donors (Lipinski definition) is 0. The third kappa shape index (κ3) is 22.8. The third-order valence-corrected chi connectivity index (χ3v) is 20.2. The molecule has 0 atom stereocenters. The zero-order valence-corrected chi connectivity index (χ0v) is 65.6. The number of anilines is 12. The molecule has 115 heavy (non-hydrogen) atoms. The normalized spacial score (nSPS) is 11.2. The topological polar surface area (TPSA) is 120 Å². The van der Waals surface area contributed by atoms with Crippen LogP contribution in [0, 0.1) is 0 Å². The molecule has 0 aliphatic heterocycles. The van der Waals surface area contributed by atoms with E-state index < -0.39 is 18.3 Å². The Hall–Kier alpha value is -12.7. The molecule has 0 heterocycles. The van der Waals surface area contributed by atoms with Gasteiger partial charge in [-0.1, -0.05) is 186 Å². The third-order valence-electron chi connectivity index (χ3n) is 20.2. The molecule has 0 N–H and O–H groups in total. The van der Waals surface area contributed by atoms with Crippen molar-refractivity contribution in [2.75, 3.05) is 39.4 Å². The highest BCUT2D eigenvalue weighted by Crippen LogP contribution is 2.45. The molecule has 13 heteroatoms. The van der Waals surface area contributed by atoms with Gasteiger partial charge in [0.2, 0.25) is 0 Å². The molecule has 0 saturated heterocycles. The zero-order chi connectivity index (χ0) is 79.9. The van der Waals surface area contributed by atoms with Gasteiger partial charge in [-0.2, -0.15) is 0 Å². The Morgan fingerprint density at radius 1 is 0.243 bits per heavy atom. The zero-order valence-electron chi connectivity index (χ0n) is 65.6. The summed E-state index contributed by atoms with van der Waals surface area (Å²) in [5.41, 5.74) is 15.0. The van der Waals surface area contributed by atoms with Crippen LogP contribution in [-0.2, 0) is 62.6 Å². The Morgan fingerprint density at radius 3 is 0.670 bits per heavy atom. The van der Waals surface area contributed by atoms with Gasteiger partial charge in [0.25, 0.3) is 0 Å². The largest absolute Gasteiger partial charge is 0.454 e. The van der Waals surface area contributed by atoms with Gasteiger partial charge >= 0.3 is 17.9 Å². The predicted molar refractivity (Wildman–Crippen MR) is 473 cm³/mol. The van der Waals surface area contributed by atoms with Crippen LogP contribution >= 0.6 is 0 Å². The molecule has 12 aromatic carbocycles. The summed E-state index contributed by atoms with van der Waals surface area (Å²) in [4.78, 5) is 46.2. The van der Waals surface area contributed by atoms with Crippen LogP contribution < -0.4 is 19.6 Å². The number of carbonyl (C=O) groups is 3. The van der Waals surface area contributed by atoms with Crippen LogP contribution in [0.1, 0.15) is 93.7 Å². The molecule has 0 aliphatic carbocycles. The number of benzene rings is 12. The number of hydrogen-bond acceptors (Lipinski definition) is 13. The fraction of sp³-hybridized carbons (Fsp3) is 0.206. The van der Waals surface area contributed by atoms with E-state index in [2.05, 4.69) is 332 Å². The van der Waals surface area contributed by atoms with Crippen molar-refractivity contribution in [2.45, 2.75) is 115 Å². The van der Waals surface area contributed by atoms with Crippen LogP contribution in [0.3, 0.4) is 0 Å². The molecule has 0 aromatic heterocycles. The molecule has 0 aliphatic rings. The Bertz CT molecular complexity index is 4680. The molecule has 0 bridgehead atoms. The lowest BCUT2D eigenvalue weighted by atomic mass is 10.1. The average molecular weight is 1530 g/mol. The van der Waals surface area contributed by atoms with Crippen LogP contribution in [0.5, 0.6) is 0 Å². The minimum absolute atomic E-state index is 0.254. The van der Waals surface area contributed by atoms with Crippen molar-refractivity contribution in [3.8, 4) is 0 Å². The summed E-state index contributed by atoms with van der Waals surface area (Å²) < 4.78 is 34.7. The number of fused-ring (bicyclic) bond motifs is 3. The molecule has 0 unspecified atom stereocenters. The van der Waals surface area contributed by atoms with Gasteiger partial charge in [-0.3, -0.25) is 14.4 Å². The maximum absolute atomic E-state index is 12.3. The van der Waals surface area contributed by atoms with Gasteiger partial charge in [-0.25, -0.2) is 0 Å². The molecule has 0 saturated carbocycles. The smallest absolute Gasteiger partial charge is 0.306 e. The molecule has 12 rings (SSSR count). The molecule has 584 valence electrons. The predicted octanol–water partition coefficient (Wildman–Crippen LogP) is 26.1. The first-order valence-corrected chi connectivity index (χ1v) is 39.8. The van der Waals surface area contributed by atoms with E-state index in [4.69, 9.17) is 28.4 Å². The van der Waals surface area contributed by atoms with Crippen LogP contribution in [0.15, 0.2) is 349 Å². The lowest BCUT2D eigenvalue weighted by molar-refractivity contribution is -0.146. The average Bonchev–Trinajstić information content (AvgIpc) is 0.782. The number of nitrogens with zero attached hydrogens (tertiary/aromatic N) is 4. The minimum Gasteiger partial charge on any atom is -0.454 e. The quantitative estimate of drug-likeness (QED) is 0.0156. The van der Waals surface area contributed by atoms with E-state index in [0.717, 1.165) is 175 Å². The summed E-state index contributed by atoms with van der Waals surface area (Å²) >= 11 is 0. The summed E-state index contributed by atoms with van der Waals surface area (Å²) in [6.45, 7) is 25.3. The van der Waals surface area contributed by atoms with E-state index in [1.807, 2.05) is 0 Å². The van der Waals surface area contributed by atoms with Crippen molar-refractivity contribution in [3.63, 3.8) is 0 Å². The van der Waals surface area contributed by atoms with E-state index >= 15 is 0 Å². The lowest BCUT2D eigenvalue weighted by Gasteiger charge is -2.30. The molecular weight excluding hydrogens is 1430 g/mol. The second-order valence-corrected chi connectivity index (χ2v) is 28.4. The van der Waals surface area contributed by atoms with Crippen LogP contribution in [0.2, 0.25) is 0 Å². The van der Waals surface area contributed by atoms with Crippen molar-refractivity contribution < 1.29 is 42.8 Å². The SMILES string of the molecule is C=CC(C=C)OC(=O)CCCCCOCc1ccc(N(c2ccc(N(c3ccc(N(c4ccc(COCCCCCC(=O)OC(C=C)C=C)cc4)c4ccc5ccccc5c4)cc3)c3ccc(N(c4ccc(COCCCCCC(=O)OC(C=C)C=C)cc4)c4ccc5ccccc5c4)cc3)cc2)c2ccc3ccccc3c2)cc1. The van der Waals surface area contributed by atoms with Gasteiger partial charge < -0.3 is 48.0 Å². The molecule has 12 aromatic rings. The molecule has 0 spiro atoms. The Labute approximate surface area is 677 Å². The van der Waals surface area contributed by atoms with E-state index in [1.54, 1.807) is 36.5 Å². The van der Waals surface area contributed by atoms with Crippen molar-refractivity contribution in [2.24, 2.45) is 0 Å². The van der Waals surface area contributed by atoms with Crippen molar-refractivity contribution in [1.29, 1.82) is 0 Å². The van der Waals surface area contributed by atoms with Gasteiger partial charge in [0.15, 0.2) is 0 Å². The van der Waals surface area contributed by atoms with Crippen LogP contribution in [0.4, 0.5) is 68.2 Å². The van der Waals surface area contributed by atoms with Crippen molar-refractivity contribution in [3.05, 3.63) is 366 Å². The first kappa shape index (κ1) is 81.8. The summed E-state index contributed by atoms with van der Waals surface area (Å²) in [5, 5.41) is 6.88. The molecule has 0 radical (unpaired) electrons. The molecule has 13 nitrogen and oxygen atoms in total. The fourth-order valence-electron chi connectivity index (χ4n) is 13.9. The van der Waals surface area contributed by atoms with Gasteiger partial charge in [0.1, 0.15) is 18.3 Å². The first-order valence-electron chi connectivity index (χ1n) is 39.8. The molecular formula is C102H102N4O9. The lowest BCUT2D eigenvalue weighted by Crippen LogP contribution is -2.14. The second kappa shape index (κ2) is 42.3. The number of ether oxygens (including phenoxy) is 6. The van der Waals surface area contributed by atoms with Gasteiger partial charge in [-0.15, -0.1) is 0 Å². The Balaban J connectivity index is 0.838. The van der Waals surface area contributed by atoms with E-state index in [-0.39, 0.29) is 17.9 Å². The highest BCUT2D eigenvalue weighted by molar-refractivity contribution is 5.93. The Kier molecular flexibility index (Phi) is 30.1. The summed E-state index contributed by atoms with van der Waals surface area (Å²) in [6, 6.07) is 97.5. The Morgan fingerprint density at radius 2 is 0.443 bits per heavy atom. The van der Waals surface area contributed by atoms with Crippen LogP contribution in [-0.4, -0.2) is 56.0 Å². The van der Waals surface area contributed by atoms with Crippen molar-refractivity contribution >= 4 is 118 Å². The summed E-state index contributed by atoms with van der Waals surface area (Å²) in [7, 11) is 0. The maximum atomic E-state index is 12.3. The highest BCUT2D eigenvalue weighted by atomic mass is 16.6.